The van der Waals surface area contributed by atoms with Crippen LogP contribution in [-0.4, -0.2) is 18.2 Å². The molecule has 0 unspecified atom stereocenters. The van der Waals surface area contributed by atoms with E-state index in [0.29, 0.717) is 5.92 Å². The quantitative estimate of drug-likeness (QED) is 0.918. The van der Waals surface area contributed by atoms with Gasteiger partial charge in [0, 0.05) is 30.8 Å². The van der Waals surface area contributed by atoms with E-state index < -0.39 is 0 Å². The molecule has 1 aromatic carbocycles. The zero-order valence-corrected chi connectivity index (χ0v) is 11.6. The number of hydrogen-bond acceptors (Lipinski definition) is 3. The van der Waals surface area contributed by atoms with E-state index in [4.69, 9.17) is 10.5 Å². The van der Waals surface area contributed by atoms with Crippen LogP contribution in [0, 0.1) is 5.92 Å². The van der Waals surface area contributed by atoms with Crippen LogP contribution in [-0.2, 0) is 4.74 Å². The molecule has 1 fully saturated rings. The average Bonchev–Trinajstić information content (AvgIpc) is 2.47. The number of ether oxygens (including phenoxy) is 1. The first-order chi connectivity index (χ1) is 8.86. The van der Waals surface area contributed by atoms with Gasteiger partial charge in [0.1, 0.15) is 0 Å². The van der Waals surface area contributed by atoms with Crippen LogP contribution < -0.4 is 5.73 Å². The minimum Gasteiger partial charge on any atom is -0.381 e. The Bertz CT molecular complexity index is 535. The number of halogens is 1. The number of hydrogen-bond donors (Lipinski definition) is 1. The summed E-state index contributed by atoms with van der Waals surface area (Å²) in [6.45, 7) is 1.67. The molecule has 2 N–H and O–H groups in total. The SMILES string of the molecule is Cl.N[C@@H](c1ccnc2ccccc12)C1CCOCC1. The van der Waals surface area contributed by atoms with Crippen LogP contribution in [0.4, 0.5) is 0 Å². The summed E-state index contributed by atoms with van der Waals surface area (Å²) in [5, 5.41) is 1.18. The fourth-order valence-electron chi connectivity index (χ4n) is 2.74. The molecule has 19 heavy (non-hydrogen) atoms. The molecule has 1 atom stereocenters. The topological polar surface area (TPSA) is 48.1 Å². The van der Waals surface area contributed by atoms with E-state index in [1.807, 2.05) is 24.4 Å². The predicted molar refractivity (Wildman–Crippen MR) is 79.5 cm³/mol. The fourth-order valence-corrected chi connectivity index (χ4v) is 2.74. The Kier molecular flexibility index (Phi) is 4.75. The van der Waals surface area contributed by atoms with Gasteiger partial charge in [-0.1, -0.05) is 18.2 Å². The van der Waals surface area contributed by atoms with Crippen molar-refractivity contribution >= 4 is 23.3 Å². The summed E-state index contributed by atoms with van der Waals surface area (Å²) in [6.07, 6.45) is 3.96. The summed E-state index contributed by atoms with van der Waals surface area (Å²) in [7, 11) is 0. The highest BCUT2D eigenvalue weighted by Crippen LogP contribution is 2.31. The number of nitrogens with zero attached hydrogens (tertiary/aromatic N) is 1. The van der Waals surface area contributed by atoms with Gasteiger partial charge in [-0.15, -0.1) is 12.4 Å². The van der Waals surface area contributed by atoms with Gasteiger partial charge in [-0.05, 0) is 36.5 Å². The zero-order chi connectivity index (χ0) is 12.4. The van der Waals surface area contributed by atoms with Crippen molar-refractivity contribution in [1.82, 2.24) is 4.98 Å². The van der Waals surface area contributed by atoms with E-state index in [-0.39, 0.29) is 18.4 Å². The molecule has 2 heterocycles. The lowest BCUT2D eigenvalue weighted by Gasteiger charge is -2.28. The number of fused-ring (bicyclic) bond motifs is 1. The largest absolute Gasteiger partial charge is 0.381 e. The van der Waals surface area contributed by atoms with Crippen LogP contribution in [0.25, 0.3) is 10.9 Å². The molecule has 3 nitrogen and oxygen atoms in total. The van der Waals surface area contributed by atoms with Gasteiger partial charge in [0.25, 0.3) is 0 Å². The number of benzene rings is 1. The van der Waals surface area contributed by atoms with Crippen LogP contribution in [0.15, 0.2) is 36.5 Å². The molecule has 1 aliphatic heterocycles. The van der Waals surface area contributed by atoms with Crippen LogP contribution in [0.1, 0.15) is 24.4 Å². The molecule has 0 bridgehead atoms. The first-order valence-electron chi connectivity index (χ1n) is 6.53. The van der Waals surface area contributed by atoms with Gasteiger partial charge in [-0.3, -0.25) is 4.98 Å². The Morgan fingerprint density at radius 3 is 2.68 bits per heavy atom. The molecule has 2 aromatic rings. The van der Waals surface area contributed by atoms with E-state index in [1.54, 1.807) is 0 Å². The number of para-hydroxylation sites is 1. The third-order valence-corrected chi connectivity index (χ3v) is 3.82. The average molecular weight is 279 g/mol. The van der Waals surface area contributed by atoms with Gasteiger partial charge in [0.2, 0.25) is 0 Å². The highest BCUT2D eigenvalue weighted by Gasteiger charge is 2.23. The highest BCUT2D eigenvalue weighted by molar-refractivity contribution is 5.85. The minimum atomic E-state index is 0. The van der Waals surface area contributed by atoms with Gasteiger partial charge < -0.3 is 10.5 Å². The van der Waals surface area contributed by atoms with E-state index >= 15 is 0 Å². The standard InChI is InChI=1S/C15H18N2O.ClH/c16-15(11-6-9-18-10-7-11)13-5-8-17-14-4-2-1-3-12(13)14;/h1-5,8,11,15H,6-7,9-10,16H2;1H/t15-;/m1./s1. The van der Waals surface area contributed by atoms with Crippen LogP contribution in [0.3, 0.4) is 0 Å². The van der Waals surface area contributed by atoms with Crippen LogP contribution in [0.2, 0.25) is 0 Å². The van der Waals surface area contributed by atoms with E-state index in [9.17, 15) is 0 Å². The number of pyridine rings is 1. The van der Waals surface area contributed by atoms with Gasteiger partial charge in [-0.25, -0.2) is 0 Å². The van der Waals surface area contributed by atoms with Crippen molar-refractivity contribution in [2.75, 3.05) is 13.2 Å². The second-order valence-corrected chi connectivity index (χ2v) is 4.89. The fraction of sp³-hybridized carbons (Fsp3) is 0.400. The number of rotatable bonds is 2. The first-order valence-corrected chi connectivity index (χ1v) is 6.53. The van der Waals surface area contributed by atoms with Crippen LogP contribution in [0.5, 0.6) is 0 Å². The molecule has 1 aromatic heterocycles. The first kappa shape index (κ1) is 14.3. The second-order valence-electron chi connectivity index (χ2n) is 4.89. The van der Waals surface area contributed by atoms with E-state index in [0.717, 1.165) is 31.6 Å². The monoisotopic (exact) mass is 278 g/mol. The van der Waals surface area contributed by atoms with Crippen molar-refractivity contribution in [3.63, 3.8) is 0 Å². The molecule has 1 aliphatic rings. The maximum absolute atomic E-state index is 6.45. The summed E-state index contributed by atoms with van der Waals surface area (Å²) >= 11 is 0. The van der Waals surface area contributed by atoms with Crippen LogP contribution >= 0.6 is 12.4 Å². The van der Waals surface area contributed by atoms with Gasteiger partial charge >= 0.3 is 0 Å². The molecular weight excluding hydrogens is 260 g/mol. The molecule has 0 spiro atoms. The summed E-state index contributed by atoms with van der Waals surface area (Å²) in [4.78, 5) is 4.39. The smallest absolute Gasteiger partial charge is 0.0705 e. The molecule has 0 radical (unpaired) electrons. The maximum Gasteiger partial charge on any atom is 0.0705 e. The molecule has 102 valence electrons. The Labute approximate surface area is 119 Å². The molecule has 4 heteroatoms. The molecule has 0 saturated carbocycles. The number of aromatic nitrogens is 1. The highest BCUT2D eigenvalue weighted by atomic mass is 35.5. The molecular formula is C15H19ClN2O. The molecule has 3 rings (SSSR count). The van der Waals surface area contributed by atoms with Gasteiger partial charge in [-0.2, -0.15) is 0 Å². The number of nitrogens with two attached hydrogens (primary N) is 1. The zero-order valence-electron chi connectivity index (χ0n) is 10.8. The molecule has 0 amide bonds. The Hall–Kier alpha value is -1.16. The summed E-state index contributed by atoms with van der Waals surface area (Å²) in [6, 6.07) is 10.3. The van der Waals surface area contributed by atoms with Crippen molar-refractivity contribution in [2.45, 2.75) is 18.9 Å². The molecule has 1 saturated heterocycles. The second kappa shape index (κ2) is 6.33. The minimum absolute atomic E-state index is 0. The third-order valence-electron chi connectivity index (χ3n) is 3.82. The Morgan fingerprint density at radius 2 is 1.89 bits per heavy atom. The lowest BCUT2D eigenvalue weighted by atomic mass is 9.86. The lowest BCUT2D eigenvalue weighted by molar-refractivity contribution is 0.0585. The van der Waals surface area contributed by atoms with Crippen molar-refractivity contribution in [2.24, 2.45) is 11.7 Å². The van der Waals surface area contributed by atoms with Crippen molar-refractivity contribution in [3.05, 3.63) is 42.1 Å². The summed E-state index contributed by atoms with van der Waals surface area (Å²) in [5.41, 5.74) is 8.69. The third kappa shape index (κ3) is 2.89. The Morgan fingerprint density at radius 1 is 1.16 bits per heavy atom. The van der Waals surface area contributed by atoms with Gasteiger partial charge in [0.15, 0.2) is 0 Å². The summed E-state index contributed by atoms with van der Waals surface area (Å²) < 4.78 is 5.41. The van der Waals surface area contributed by atoms with E-state index in [1.165, 1.54) is 10.9 Å². The lowest BCUT2D eigenvalue weighted by Crippen LogP contribution is -2.27. The Balaban J connectivity index is 0.00000133. The maximum atomic E-state index is 6.45. The molecule has 0 aliphatic carbocycles. The van der Waals surface area contributed by atoms with Gasteiger partial charge in [0.05, 0.1) is 5.52 Å². The predicted octanol–water partition coefficient (Wildman–Crippen LogP) is 3.08. The summed E-state index contributed by atoms with van der Waals surface area (Å²) in [5.74, 6) is 0.518. The van der Waals surface area contributed by atoms with Crippen molar-refractivity contribution in [3.8, 4) is 0 Å². The van der Waals surface area contributed by atoms with Crippen molar-refractivity contribution in [1.29, 1.82) is 0 Å². The van der Waals surface area contributed by atoms with E-state index in [2.05, 4.69) is 17.1 Å². The normalized spacial score (nSPS) is 17.9. The van der Waals surface area contributed by atoms with Crippen molar-refractivity contribution < 1.29 is 4.74 Å².